The third-order valence-corrected chi connectivity index (χ3v) is 6.05. The number of hydrogen-bond acceptors (Lipinski definition) is 4. The quantitative estimate of drug-likeness (QED) is 0.354. The molecule has 1 aliphatic heterocycles. The van der Waals surface area contributed by atoms with Crippen LogP contribution in [0.25, 0.3) is 11.1 Å². The molecule has 0 fully saturated rings. The van der Waals surface area contributed by atoms with Crippen LogP contribution in [0, 0.1) is 5.92 Å². The van der Waals surface area contributed by atoms with Crippen molar-refractivity contribution >= 4 is 17.6 Å². The van der Waals surface area contributed by atoms with E-state index in [9.17, 15) is 14.7 Å². The van der Waals surface area contributed by atoms with Crippen molar-refractivity contribution in [2.24, 2.45) is 5.92 Å². The lowest BCUT2D eigenvalue weighted by molar-refractivity contribution is -0.139. The fourth-order valence-electron chi connectivity index (χ4n) is 4.54. The molecule has 5 heteroatoms. The third-order valence-electron chi connectivity index (χ3n) is 6.05. The molecule has 3 aromatic rings. The van der Waals surface area contributed by atoms with Gasteiger partial charge in [0.15, 0.2) is 0 Å². The summed E-state index contributed by atoms with van der Waals surface area (Å²) in [6, 6.07) is 22.0. The highest BCUT2D eigenvalue weighted by Gasteiger charge is 2.42. The smallest absolute Gasteiger partial charge is 0.345 e. The third kappa shape index (κ3) is 3.48. The van der Waals surface area contributed by atoms with Crippen molar-refractivity contribution in [2.45, 2.75) is 18.4 Å². The number of nitrogens with one attached hydrogen (secondary N) is 1. The number of esters is 1. The van der Waals surface area contributed by atoms with E-state index >= 15 is 0 Å². The maximum atomic E-state index is 13.0. The Bertz CT molecular complexity index is 1170. The summed E-state index contributed by atoms with van der Waals surface area (Å²) in [5.41, 5.74) is 3.94. The summed E-state index contributed by atoms with van der Waals surface area (Å²) in [5.74, 6) is -1.06. The molecule has 2 N–H and O–H groups in total. The Kier molecular flexibility index (Phi) is 4.79. The molecule has 2 aliphatic rings. The van der Waals surface area contributed by atoms with Crippen LogP contribution in [-0.4, -0.2) is 23.1 Å². The number of para-hydroxylation sites is 1. The summed E-state index contributed by atoms with van der Waals surface area (Å²) in [5, 5.41) is 12.8. The van der Waals surface area contributed by atoms with Crippen LogP contribution in [0.5, 0.6) is 5.75 Å². The Morgan fingerprint density at radius 1 is 0.903 bits per heavy atom. The fourth-order valence-corrected chi connectivity index (χ4v) is 4.54. The number of anilines is 1. The summed E-state index contributed by atoms with van der Waals surface area (Å²) in [6.45, 7) is 0. The first-order valence-electron chi connectivity index (χ1n) is 10.3. The number of fused-ring (bicyclic) bond motifs is 3. The second kappa shape index (κ2) is 7.76. The first kappa shape index (κ1) is 19.1. The van der Waals surface area contributed by atoms with Gasteiger partial charge in [-0.25, -0.2) is 9.59 Å². The molecule has 31 heavy (non-hydrogen) atoms. The van der Waals surface area contributed by atoms with Gasteiger partial charge in [-0.1, -0.05) is 66.7 Å². The van der Waals surface area contributed by atoms with E-state index in [1.165, 1.54) is 0 Å². The zero-order chi connectivity index (χ0) is 21.4. The van der Waals surface area contributed by atoms with Crippen LogP contribution in [0.3, 0.4) is 0 Å². The van der Waals surface area contributed by atoms with Crippen LogP contribution in [0.4, 0.5) is 5.69 Å². The molecule has 0 saturated carbocycles. The molecule has 1 heterocycles. The number of ether oxygens (including phenoxy) is 1. The predicted octanol–water partition coefficient (Wildman–Crippen LogP) is 5.11. The highest BCUT2D eigenvalue weighted by Crippen LogP contribution is 2.45. The minimum absolute atomic E-state index is 0.0183. The Hall–Kier alpha value is -3.86. The van der Waals surface area contributed by atoms with Crippen LogP contribution in [-0.2, 0) is 4.79 Å². The van der Waals surface area contributed by atoms with Crippen molar-refractivity contribution in [3.63, 3.8) is 0 Å². The Morgan fingerprint density at radius 2 is 1.65 bits per heavy atom. The highest BCUT2D eigenvalue weighted by molar-refractivity contribution is 5.99. The van der Waals surface area contributed by atoms with E-state index in [1.807, 2.05) is 66.7 Å². The standard InChI is InChI=1S/C26H21NO4/c28-25(29)24-21-10-4-8-19(21)20-9-5-11-22(23(20)27-24)26(30)31-18-14-12-17(13-15-18)16-6-2-1-3-7-16/h1-9,11-15,19,21,24,27H,10H2,(H,28,29)/t19-,21+,24-/m1/s1. The number of carbonyl (C=O) groups excluding carboxylic acids is 1. The van der Waals surface area contributed by atoms with Gasteiger partial charge in [0.05, 0.1) is 11.3 Å². The first-order valence-corrected chi connectivity index (χ1v) is 10.3. The van der Waals surface area contributed by atoms with E-state index in [0.717, 1.165) is 16.7 Å². The molecule has 0 amide bonds. The SMILES string of the molecule is O=C(Oc1ccc(-c2ccccc2)cc1)c1cccc2c1N[C@@H](C(=O)O)[C@H]1CC=C[C@H]21. The average Bonchev–Trinajstić information content (AvgIpc) is 3.29. The first-order chi connectivity index (χ1) is 15.1. The molecule has 0 aromatic heterocycles. The molecule has 0 radical (unpaired) electrons. The van der Waals surface area contributed by atoms with E-state index in [4.69, 9.17) is 4.74 Å². The van der Waals surface area contributed by atoms with Crippen molar-refractivity contribution in [1.82, 2.24) is 0 Å². The molecular weight excluding hydrogens is 390 g/mol. The van der Waals surface area contributed by atoms with E-state index in [-0.39, 0.29) is 11.8 Å². The predicted molar refractivity (Wildman–Crippen MR) is 118 cm³/mol. The van der Waals surface area contributed by atoms with Crippen LogP contribution in [0.1, 0.15) is 28.3 Å². The summed E-state index contributed by atoms with van der Waals surface area (Å²) in [4.78, 5) is 24.8. The van der Waals surface area contributed by atoms with Gasteiger partial charge in [-0.15, -0.1) is 0 Å². The highest BCUT2D eigenvalue weighted by atomic mass is 16.5. The van der Waals surface area contributed by atoms with Crippen LogP contribution < -0.4 is 10.1 Å². The lowest BCUT2D eigenvalue weighted by Gasteiger charge is -2.35. The summed E-state index contributed by atoms with van der Waals surface area (Å²) in [6.07, 6.45) is 4.76. The second-order valence-corrected chi connectivity index (χ2v) is 7.86. The van der Waals surface area contributed by atoms with Crippen molar-refractivity contribution in [1.29, 1.82) is 0 Å². The van der Waals surface area contributed by atoms with Gasteiger partial charge in [0.1, 0.15) is 11.8 Å². The number of carboxylic acids is 1. The molecule has 154 valence electrons. The minimum Gasteiger partial charge on any atom is -0.480 e. The minimum atomic E-state index is -0.913. The van der Waals surface area contributed by atoms with E-state index in [0.29, 0.717) is 23.4 Å². The normalized spacial score (nSPS) is 21.0. The zero-order valence-corrected chi connectivity index (χ0v) is 16.7. The van der Waals surface area contributed by atoms with Crippen molar-refractivity contribution in [3.8, 4) is 16.9 Å². The largest absolute Gasteiger partial charge is 0.480 e. The fraction of sp³-hybridized carbons (Fsp3) is 0.154. The molecule has 0 saturated heterocycles. The maximum absolute atomic E-state index is 13.0. The van der Waals surface area contributed by atoms with Crippen LogP contribution in [0.2, 0.25) is 0 Å². The number of allylic oxidation sites excluding steroid dienone is 2. The summed E-state index contributed by atoms with van der Waals surface area (Å²) < 4.78 is 5.62. The molecule has 1 aliphatic carbocycles. The topological polar surface area (TPSA) is 75.6 Å². The van der Waals surface area contributed by atoms with Gasteiger partial charge < -0.3 is 15.2 Å². The Labute approximate surface area is 180 Å². The van der Waals surface area contributed by atoms with Crippen LogP contribution >= 0.6 is 0 Å². The number of benzene rings is 3. The average molecular weight is 411 g/mol. The number of hydrogen-bond donors (Lipinski definition) is 2. The number of carbonyl (C=O) groups is 2. The molecule has 0 spiro atoms. The van der Waals surface area contributed by atoms with Crippen LogP contribution in [0.15, 0.2) is 84.9 Å². The van der Waals surface area contributed by atoms with Gasteiger partial charge in [-0.3, -0.25) is 0 Å². The van der Waals surface area contributed by atoms with Gasteiger partial charge in [0, 0.05) is 11.8 Å². The van der Waals surface area contributed by atoms with Gasteiger partial charge in [0.25, 0.3) is 0 Å². The molecular formula is C26H21NO4. The number of rotatable bonds is 4. The molecule has 5 nitrogen and oxygen atoms in total. The molecule has 3 atom stereocenters. The monoisotopic (exact) mass is 411 g/mol. The van der Waals surface area contributed by atoms with Crippen molar-refractivity contribution in [3.05, 3.63) is 96.1 Å². The number of aliphatic carboxylic acids is 1. The maximum Gasteiger partial charge on any atom is 0.345 e. The molecule has 3 aromatic carbocycles. The molecule has 0 unspecified atom stereocenters. The van der Waals surface area contributed by atoms with Crippen molar-refractivity contribution < 1.29 is 19.4 Å². The second-order valence-electron chi connectivity index (χ2n) is 7.86. The van der Waals surface area contributed by atoms with Gasteiger partial charge >= 0.3 is 11.9 Å². The lowest BCUT2D eigenvalue weighted by Crippen LogP contribution is -2.42. The molecule has 5 rings (SSSR count). The van der Waals surface area contributed by atoms with Crippen molar-refractivity contribution in [2.75, 3.05) is 5.32 Å². The lowest BCUT2D eigenvalue weighted by atomic mass is 9.78. The Balaban J connectivity index is 1.41. The number of carboxylic acid groups (broad SMARTS) is 1. The zero-order valence-electron chi connectivity index (χ0n) is 16.7. The van der Waals surface area contributed by atoms with E-state index in [1.54, 1.807) is 18.2 Å². The Morgan fingerprint density at radius 3 is 2.39 bits per heavy atom. The van der Waals surface area contributed by atoms with Gasteiger partial charge in [-0.05, 0) is 41.3 Å². The summed E-state index contributed by atoms with van der Waals surface area (Å²) >= 11 is 0. The van der Waals surface area contributed by atoms with E-state index < -0.39 is 18.0 Å². The van der Waals surface area contributed by atoms with E-state index in [2.05, 4.69) is 5.32 Å². The van der Waals surface area contributed by atoms with Gasteiger partial charge in [-0.2, -0.15) is 0 Å². The van der Waals surface area contributed by atoms with Gasteiger partial charge in [0.2, 0.25) is 0 Å². The molecule has 0 bridgehead atoms. The summed E-state index contributed by atoms with van der Waals surface area (Å²) in [7, 11) is 0.